The number of aliphatic imine (C=N–C) groups is 1. The van der Waals surface area contributed by atoms with E-state index in [4.69, 9.17) is 15.5 Å². The van der Waals surface area contributed by atoms with Crippen molar-refractivity contribution in [1.82, 2.24) is 10.3 Å². The average Bonchev–Trinajstić information content (AvgIpc) is 2.78. The maximum absolute atomic E-state index is 12.8. The Morgan fingerprint density at radius 3 is 2.87 bits per heavy atom. The molecule has 2 aliphatic rings. The van der Waals surface area contributed by atoms with Crippen molar-refractivity contribution >= 4 is 28.5 Å². The van der Waals surface area contributed by atoms with Crippen molar-refractivity contribution in [3.63, 3.8) is 0 Å². The normalized spacial score (nSPS) is 23.0. The first-order valence-electron chi connectivity index (χ1n) is 11.2. The summed E-state index contributed by atoms with van der Waals surface area (Å²) >= 11 is 0. The lowest BCUT2D eigenvalue weighted by Crippen LogP contribution is -2.56. The predicted octanol–water partition coefficient (Wildman–Crippen LogP) is 2.87. The summed E-state index contributed by atoms with van der Waals surface area (Å²) in [6.45, 7) is 3.05. The summed E-state index contributed by atoms with van der Waals surface area (Å²) in [5.74, 6) is 0.458. The zero-order chi connectivity index (χ0) is 21.8. The lowest BCUT2D eigenvalue weighted by Gasteiger charge is -2.41. The van der Waals surface area contributed by atoms with Gasteiger partial charge in [0.25, 0.3) is 5.91 Å². The Balaban J connectivity index is 1.60. The zero-order valence-electron chi connectivity index (χ0n) is 18.4. The number of carbonyl (C=O) groups is 1. The van der Waals surface area contributed by atoms with Gasteiger partial charge in [0.2, 0.25) is 0 Å². The summed E-state index contributed by atoms with van der Waals surface area (Å²) in [4.78, 5) is 23.7. The standard InChI is InChI=1S/C24H31N5O2/c1-16(25)26-24(30)19-14-17-8-6-7-11-20(17)28-23(19)29-13-12-21(22(15-29)31-2)27-18-9-4-3-5-10-18/h6,8,14,18,21-22,27H,3-5,9-10,12-13,15H2,1-2H3,(H2,25,26,30). The number of nitrogens with zero attached hydrogens (tertiary/aromatic N) is 3. The molecule has 2 heterocycles. The molecule has 7 heteroatoms. The highest BCUT2D eigenvalue weighted by Gasteiger charge is 2.33. The molecule has 3 N–H and O–H groups in total. The second kappa shape index (κ2) is 9.63. The molecular weight excluding hydrogens is 390 g/mol. The van der Waals surface area contributed by atoms with E-state index < -0.39 is 0 Å². The number of aromatic nitrogens is 1. The van der Waals surface area contributed by atoms with Gasteiger partial charge in [-0.05, 0) is 50.5 Å². The predicted molar refractivity (Wildman–Crippen MR) is 122 cm³/mol. The fourth-order valence-electron chi connectivity index (χ4n) is 4.72. The second-order valence-electron chi connectivity index (χ2n) is 8.58. The third-order valence-corrected chi connectivity index (χ3v) is 6.29. The van der Waals surface area contributed by atoms with Crippen molar-refractivity contribution in [3.8, 4) is 0 Å². The fourth-order valence-corrected chi connectivity index (χ4v) is 4.72. The Bertz CT molecular complexity index is 950. The molecule has 2 atom stereocenters. The molecule has 0 bridgehead atoms. The molecule has 1 aliphatic carbocycles. The lowest BCUT2D eigenvalue weighted by atomic mass is 9.92. The first-order valence-corrected chi connectivity index (χ1v) is 11.2. The molecule has 1 aliphatic heterocycles. The van der Waals surface area contributed by atoms with Crippen LogP contribution in [0.15, 0.2) is 23.2 Å². The van der Waals surface area contributed by atoms with Crippen molar-refractivity contribution in [2.45, 2.75) is 63.6 Å². The number of nitrogens with two attached hydrogens (primary N) is 1. The molecule has 2 fully saturated rings. The number of nitrogens with one attached hydrogen (secondary N) is 1. The van der Waals surface area contributed by atoms with Gasteiger partial charge in [0.15, 0.2) is 0 Å². The summed E-state index contributed by atoms with van der Waals surface area (Å²) in [5.41, 5.74) is 6.81. The van der Waals surface area contributed by atoms with E-state index >= 15 is 0 Å². The highest BCUT2D eigenvalue weighted by molar-refractivity contribution is 6.07. The number of hydrogen-bond acceptors (Lipinski definition) is 5. The lowest BCUT2D eigenvalue weighted by molar-refractivity contribution is 0.0533. The van der Waals surface area contributed by atoms with Gasteiger partial charge >= 0.3 is 0 Å². The van der Waals surface area contributed by atoms with E-state index in [9.17, 15) is 4.79 Å². The molecule has 2 unspecified atom stereocenters. The van der Waals surface area contributed by atoms with Crippen molar-refractivity contribution < 1.29 is 9.53 Å². The number of methoxy groups -OCH3 is 1. The van der Waals surface area contributed by atoms with Crippen LogP contribution in [0.1, 0.15) is 55.8 Å². The minimum atomic E-state index is -0.381. The molecule has 31 heavy (non-hydrogen) atoms. The van der Waals surface area contributed by atoms with Gasteiger partial charge in [-0.15, -0.1) is 0 Å². The van der Waals surface area contributed by atoms with E-state index in [1.165, 1.54) is 32.1 Å². The number of amides is 1. The van der Waals surface area contributed by atoms with Crippen LogP contribution in [0.3, 0.4) is 0 Å². The fraction of sp³-hybridized carbons (Fsp3) is 0.542. The molecule has 1 aromatic heterocycles. The van der Waals surface area contributed by atoms with Crippen LogP contribution in [0.4, 0.5) is 5.82 Å². The molecule has 0 radical (unpaired) electrons. The number of pyridine rings is 1. The quantitative estimate of drug-likeness (QED) is 0.570. The van der Waals surface area contributed by atoms with Crippen molar-refractivity contribution in [2.75, 3.05) is 25.1 Å². The second-order valence-corrected chi connectivity index (χ2v) is 8.58. The highest BCUT2D eigenvalue weighted by Crippen LogP contribution is 2.28. The van der Waals surface area contributed by atoms with Gasteiger partial charge in [-0.3, -0.25) is 4.79 Å². The molecule has 1 saturated carbocycles. The Hall–Kier alpha value is -2.69. The van der Waals surface area contributed by atoms with Crippen LogP contribution in [-0.4, -0.2) is 55.1 Å². The molecule has 4 rings (SSSR count). The summed E-state index contributed by atoms with van der Waals surface area (Å²) in [7, 11) is 1.76. The van der Waals surface area contributed by atoms with E-state index in [1.807, 2.05) is 12.1 Å². The van der Waals surface area contributed by atoms with Gasteiger partial charge in [-0.2, -0.15) is 4.99 Å². The van der Waals surface area contributed by atoms with Crippen molar-refractivity contribution in [1.29, 1.82) is 0 Å². The molecule has 7 nitrogen and oxygen atoms in total. The monoisotopic (exact) mass is 421 g/mol. The number of anilines is 1. The van der Waals surface area contributed by atoms with Crippen molar-refractivity contribution in [2.24, 2.45) is 10.7 Å². The highest BCUT2D eigenvalue weighted by atomic mass is 16.5. The summed E-state index contributed by atoms with van der Waals surface area (Å²) in [6.07, 6.45) is 7.36. The molecule has 0 spiro atoms. The van der Waals surface area contributed by atoms with Crippen LogP contribution in [0, 0.1) is 12.1 Å². The Labute approximate surface area is 184 Å². The van der Waals surface area contributed by atoms with Crippen LogP contribution < -0.4 is 16.0 Å². The third kappa shape index (κ3) is 4.97. The largest absolute Gasteiger partial charge is 0.387 e. The van der Waals surface area contributed by atoms with Gasteiger partial charge < -0.3 is 20.7 Å². The zero-order valence-corrected chi connectivity index (χ0v) is 18.4. The van der Waals surface area contributed by atoms with Crippen LogP contribution >= 0.6 is 0 Å². The van der Waals surface area contributed by atoms with Crippen molar-refractivity contribution in [3.05, 3.63) is 35.9 Å². The number of rotatable bonds is 5. The molecule has 1 amide bonds. The summed E-state index contributed by atoms with van der Waals surface area (Å²) < 4.78 is 5.87. The SMILES string of the molecule is COC1CN(c2nc3c#cccc3cc2C(=O)N=C(C)N)CCC1NC1CCCCC1. The Morgan fingerprint density at radius 1 is 1.32 bits per heavy atom. The number of piperidine rings is 1. The van der Waals surface area contributed by atoms with Crippen LogP contribution in [-0.2, 0) is 4.74 Å². The van der Waals surface area contributed by atoms with Gasteiger partial charge in [0.05, 0.1) is 11.7 Å². The van der Waals surface area contributed by atoms with E-state index in [2.05, 4.69) is 27.3 Å². The first-order chi connectivity index (χ1) is 15.0. The number of hydrogen-bond donors (Lipinski definition) is 2. The van der Waals surface area contributed by atoms with Crippen LogP contribution in [0.25, 0.3) is 10.9 Å². The Morgan fingerprint density at radius 2 is 2.13 bits per heavy atom. The molecule has 2 aromatic rings. The number of carbonyl (C=O) groups excluding carboxylic acids is 1. The number of ether oxygens (including phenoxy) is 1. The van der Waals surface area contributed by atoms with Gasteiger partial charge in [0, 0.05) is 37.7 Å². The van der Waals surface area contributed by atoms with Gasteiger partial charge in [-0.25, -0.2) is 4.98 Å². The maximum Gasteiger partial charge on any atom is 0.282 e. The third-order valence-electron chi connectivity index (χ3n) is 6.29. The average molecular weight is 422 g/mol. The van der Waals surface area contributed by atoms with Gasteiger partial charge in [0.1, 0.15) is 17.2 Å². The smallest absolute Gasteiger partial charge is 0.282 e. The van der Waals surface area contributed by atoms with Crippen LogP contribution in [0.5, 0.6) is 0 Å². The van der Waals surface area contributed by atoms with E-state index in [0.717, 1.165) is 18.4 Å². The summed E-state index contributed by atoms with van der Waals surface area (Å²) in [6, 6.07) is 12.3. The van der Waals surface area contributed by atoms with E-state index in [1.54, 1.807) is 20.1 Å². The molecular formula is C24H31N5O2. The molecule has 1 saturated heterocycles. The molecule has 164 valence electrons. The minimum Gasteiger partial charge on any atom is -0.387 e. The number of fused-ring (bicyclic) bond motifs is 1. The summed E-state index contributed by atoms with van der Waals surface area (Å²) in [5, 5.41) is 4.66. The topological polar surface area (TPSA) is 92.8 Å². The Kier molecular flexibility index (Phi) is 6.69. The van der Waals surface area contributed by atoms with Crippen LogP contribution in [0.2, 0.25) is 0 Å². The van der Waals surface area contributed by atoms with E-state index in [-0.39, 0.29) is 17.8 Å². The number of amidine groups is 1. The maximum atomic E-state index is 12.8. The van der Waals surface area contributed by atoms with Gasteiger partial charge in [-0.1, -0.05) is 25.3 Å². The minimum absolute atomic E-state index is 0.0159. The molecule has 1 aromatic carbocycles. The van der Waals surface area contributed by atoms with E-state index in [0.29, 0.717) is 35.5 Å². The first kappa shape index (κ1) is 21.5.